The Hall–Kier alpha value is -1.68. The van der Waals surface area contributed by atoms with E-state index in [2.05, 4.69) is 34.3 Å². The average molecular weight is 258 g/mol. The Kier molecular flexibility index (Phi) is 4.68. The summed E-state index contributed by atoms with van der Waals surface area (Å²) in [7, 11) is 4.21. The Labute approximate surface area is 114 Å². The number of para-hydroxylation sites is 2. The van der Waals surface area contributed by atoms with Crippen LogP contribution >= 0.6 is 0 Å². The predicted octanol–water partition coefficient (Wildman–Crippen LogP) is 2.69. The number of nitrogens with zero attached hydrogens (tertiary/aromatic N) is 3. The van der Waals surface area contributed by atoms with E-state index in [1.807, 2.05) is 31.2 Å². The standard InChI is InChI=1S/C15H22N4/c1-12-15(16-10-6-7-11-19(2)3)18-14-9-5-4-8-13(14)17-12/h4-5,8-9H,6-7,10-11H2,1-3H3,(H,16,18). The molecule has 0 aliphatic rings. The number of benzene rings is 1. The molecule has 2 aromatic rings. The molecule has 2 rings (SSSR count). The van der Waals surface area contributed by atoms with Gasteiger partial charge in [-0.3, -0.25) is 0 Å². The molecule has 1 heterocycles. The molecular weight excluding hydrogens is 236 g/mol. The van der Waals surface area contributed by atoms with E-state index >= 15 is 0 Å². The Morgan fingerprint density at radius 3 is 2.42 bits per heavy atom. The van der Waals surface area contributed by atoms with Gasteiger partial charge < -0.3 is 10.2 Å². The third-order valence-corrected chi connectivity index (χ3v) is 3.07. The molecule has 0 atom stereocenters. The maximum atomic E-state index is 4.62. The van der Waals surface area contributed by atoms with Crippen molar-refractivity contribution in [3.05, 3.63) is 30.0 Å². The highest BCUT2D eigenvalue weighted by Crippen LogP contribution is 2.15. The van der Waals surface area contributed by atoms with Crippen molar-refractivity contribution in [2.24, 2.45) is 0 Å². The molecular formula is C15H22N4. The molecule has 4 nitrogen and oxygen atoms in total. The Morgan fingerprint density at radius 1 is 1.05 bits per heavy atom. The maximum absolute atomic E-state index is 4.62. The summed E-state index contributed by atoms with van der Waals surface area (Å²) < 4.78 is 0. The van der Waals surface area contributed by atoms with Gasteiger partial charge in [0.15, 0.2) is 0 Å². The second-order valence-corrected chi connectivity index (χ2v) is 5.08. The zero-order valence-corrected chi connectivity index (χ0v) is 12.0. The topological polar surface area (TPSA) is 41.1 Å². The molecule has 1 aromatic carbocycles. The first-order chi connectivity index (χ1) is 9.16. The van der Waals surface area contributed by atoms with Crippen LogP contribution in [0.4, 0.5) is 5.82 Å². The van der Waals surface area contributed by atoms with Crippen molar-refractivity contribution in [1.82, 2.24) is 14.9 Å². The largest absolute Gasteiger partial charge is 0.369 e. The van der Waals surface area contributed by atoms with Crippen molar-refractivity contribution in [3.63, 3.8) is 0 Å². The van der Waals surface area contributed by atoms with E-state index in [-0.39, 0.29) is 0 Å². The first-order valence-electron chi connectivity index (χ1n) is 6.79. The second kappa shape index (κ2) is 6.48. The third-order valence-electron chi connectivity index (χ3n) is 3.07. The van der Waals surface area contributed by atoms with E-state index in [9.17, 15) is 0 Å². The minimum Gasteiger partial charge on any atom is -0.369 e. The molecule has 1 N–H and O–H groups in total. The van der Waals surface area contributed by atoms with Gasteiger partial charge >= 0.3 is 0 Å². The number of unbranched alkanes of at least 4 members (excludes halogenated alkanes) is 1. The second-order valence-electron chi connectivity index (χ2n) is 5.08. The maximum Gasteiger partial charge on any atom is 0.148 e. The summed E-state index contributed by atoms with van der Waals surface area (Å²) in [5.74, 6) is 0.906. The van der Waals surface area contributed by atoms with Crippen molar-refractivity contribution < 1.29 is 0 Å². The number of hydrogen-bond acceptors (Lipinski definition) is 4. The predicted molar refractivity (Wildman–Crippen MR) is 80.6 cm³/mol. The van der Waals surface area contributed by atoms with E-state index < -0.39 is 0 Å². The molecule has 4 heteroatoms. The van der Waals surface area contributed by atoms with Gasteiger partial charge in [-0.05, 0) is 52.5 Å². The fourth-order valence-corrected chi connectivity index (χ4v) is 2.02. The zero-order valence-electron chi connectivity index (χ0n) is 12.0. The molecule has 102 valence electrons. The molecule has 0 fully saturated rings. The van der Waals surface area contributed by atoms with Crippen molar-refractivity contribution in [2.45, 2.75) is 19.8 Å². The summed E-state index contributed by atoms with van der Waals surface area (Å²) >= 11 is 0. The van der Waals surface area contributed by atoms with Crippen LogP contribution < -0.4 is 5.32 Å². The summed E-state index contributed by atoms with van der Waals surface area (Å²) in [6, 6.07) is 7.98. The Morgan fingerprint density at radius 2 is 1.74 bits per heavy atom. The number of aromatic nitrogens is 2. The molecule has 0 saturated heterocycles. The van der Waals surface area contributed by atoms with Gasteiger partial charge in [0.1, 0.15) is 5.82 Å². The molecule has 0 spiro atoms. The summed E-state index contributed by atoms with van der Waals surface area (Å²) in [6.07, 6.45) is 2.34. The normalized spacial score (nSPS) is 11.2. The summed E-state index contributed by atoms with van der Waals surface area (Å²) in [4.78, 5) is 11.4. The van der Waals surface area contributed by atoms with Crippen LogP contribution in [0.3, 0.4) is 0 Å². The number of aryl methyl sites for hydroxylation is 1. The molecule has 0 aliphatic carbocycles. The molecule has 0 saturated carbocycles. The third kappa shape index (κ3) is 3.89. The van der Waals surface area contributed by atoms with Crippen LogP contribution in [0.5, 0.6) is 0 Å². The lowest BCUT2D eigenvalue weighted by Crippen LogP contribution is -2.14. The van der Waals surface area contributed by atoms with Gasteiger partial charge in [-0.1, -0.05) is 12.1 Å². The number of rotatable bonds is 6. The molecule has 0 aliphatic heterocycles. The summed E-state index contributed by atoms with van der Waals surface area (Å²) in [6.45, 7) is 4.08. The summed E-state index contributed by atoms with van der Waals surface area (Å²) in [5, 5.41) is 3.39. The van der Waals surface area contributed by atoms with Crippen LogP contribution in [0.1, 0.15) is 18.5 Å². The van der Waals surface area contributed by atoms with Crippen molar-refractivity contribution in [2.75, 3.05) is 32.5 Å². The van der Waals surface area contributed by atoms with E-state index in [0.29, 0.717) is 0 Å². The lowest BCUT2D eigenvalue weighted by molar-refractivity contribution is 0.396. The SMILES string of the molecule is Cc1nc2ccccc2nc1NCCCCN(C)C. The molecule has 19 heavy (non-hydrogen) atoms. The van der Waals surface area contributed by atoms with E-state index in [4.69, 9.17) is 0 Å². The fourth-order valence-electron chi connectivity index (χ4n) is 2.02. The highest BCUT2D eigenvalue weighted by molar-refractivity contribution is 5.76. The van der Waals surface area contributed by atoms with Crippen LogP contribution in [-0.4, -0.2) is 42.1 Å². The quantitative estimate of drug-likeness (QED) is 0.809. The van der Waals surface area contributed by atoms with Crippen molar-refractivity contribution in [3.8, 4) is 0 Å². The monoisotopic (exact) mass is 258 g/mol. The Bertz CT molecular complexity index is 537. The van der Waals surface area contributed by atoms with Crippen molar-refractivity contribution >= 4 is 16.9 Å². The van der Waals surface area contributed by atoms with Crippen LogP contribution in [-0.2, 0) is 0 Å². The molecule has 0 bridgehead atoms. The fraction of sp³-hybridized carbons (Fsp3) is 0.467. The number of nitrogens with one attached hydrogen (secondary N) is 1. The van der Waals surface area contributed by atoms with E-state index in [1.165, 1.54) is 6.42 Å². The number of hydrogen-bond donors (Lipinski definition) is 1. The lowest BCUT2D eigenvalue weighted by Gasteiger charge is -2.11. The first kappa shape index (κ1) is 13.7. The summed E-state index contributed by atoms with van der Waals surface area (Å²) in [5.41, 5.74) is 2.87. The van der Waals surface area contributed by atoms with Crippen molar-refractivity contribution in [1.29, 1.82) is 0 Å². The van der Waals surface area contributed by atoms with Crippen LogP contribution in [0, 0.1) is 6.92 Å². The van der Waals surface area contributed by atoms with Crippen LogP contribution in [0.25, 0.3) is 11.0 Å². The smallest absolute Gasteiger partial charge is 0.148 e. The molecule has 0 unspecified atom stereocenters. The van der Waals surface area contributed by atoms with Gasteiger partial charge in [-0.25, -0.2) is 9.97 Å². The number of fused-ring (bicyclic) bond motifs is 1. The van der Waals surface area contributed by atoms with Gasteiger partial charge in [-0.2, -0.15) is 0 Å². The van der Waals surface area contributed by atoms with Gasteiger partial charge in [0.05, 0.1) is 16.7 Å². The van der Waals surface area contributed by atoms with E-state index in [1.54, 1.807) is 0 Å². The van der Waals surface area contributed by atoms with Gasteiger partial charge in [0, 0.05) is 6.54 Å². The highest BCUT2D eigenvalue weighted by Gasteiger charge is 2.03. The van der Waals surface area contributed by atoms with Gasteiger partial charge in [0.2, 0.25) is 0 Å². The number of anilines is 1. The minimum absolute atomic E-state index is 0.906. The lowest BCUT2D eigenvalue weighted by atomic mass is 10.2. The molecule has 0 amide bonds. The van der Waals surface area contributed by atoms with Crippen LogP contribution in [0.2, 0.25) is 0 Å². The highest BCUT2D eigenvalue weighted by atomic mass is 15.1. The Balaban J connectivity index is 1.95. The van der Waals surface area contributed by atoms with E-state index in [0.717, 1.165) is 42.1 Å². The molecule has 1 aromatic heterocycles. The zero-order chi connectivity index (χ0) is 13.7. The molecule has 0 radical (unpaired) electrons. The first-order valence-corrected chi connectivity index (χ1v) is 6.79. The van der Waals surface area contributed by atoms with Gasteiger partial charge in [-0.15, -0.1) is 0 Å². The minimum atomic E-state index is 0.906. The van der Waals surface area contributed by atoms with Gasteiger partial charge in [0.25, 0.3) is 0 Å². The van der Waals surface area contributed by atoms with Crippen LogP contribution in [0.15, 0.2) is 24.3 Å². The average Bonchev–Trinajstić information content (AvgIpc) is 2.38.